The minimum Gasteiger partial charge on any atom is -0.397 e. The summed E-state index contributed by atoms with van der Waals surface area (Å²) in [7, 11) is 0. The SMILES string of the molecule is N#Cc1ccc(NC(=O)c2cc(Cl)ncc2N)cc1Cl. The van der Waals surface area contributed by atoms with Crippen LogP contribution >= 0.6 is 23.2 Å². The van der Waals surface area contributed by atoms with Crippen LogP contribution in [0.15, 0.2) is 30.5 Å². The van der Waals surface area contributed by atoms with Crippen molar-refractivity contribution in [2.75, 3.05) is 11.1 Å². The van der Waals surface area contributed by atoms with Gasteiger partial charge in [-0.3, -0.25) is 4.79 Å². The summed E-state index contributed by atoms with van der Waals surface area (Å²) in [6.07, 6.45) is 1.31. The highest BCUT2D eigenvalue weighted by molar-refractivity contribution is 6.32. The zero-order chi connectivity index (χ0) is 14.7. The number of nitriles is 1. The van der Waals surface area contributed by atoms with Crippen LogP contribution in [0.25, 0.3) is 0 Å². The third-order valence-electron chi connectivity index (χ3n) is 2.49. The number of carbonyl (C=O) groups excluding carboxylic acids is 1. The lowest BCUT2D eigenvalue weighted by atomic mass is 10.2. The van der Waals surface area contributed by atoms with Crippen LogP contribution in [-0.2, 0) is 0 Å². The van der Waals surface area contributed by atoms with E-state index in [1.54, 1.807) is 6.07 Å². The molecule has 1 amide bonds. The van der Waals surface area contributed by atoms with Crippen LogP contribution in [0, 0.1) is 11.3 Å². The Hall–Kier alpha value is -2.29. The number of nitrogens with two attached hydrogens (primary N) is 1. The van der Waals surface area contributed by atoms with Crippen molar-refractivity contribution in [1.29, 1.82) is 5.26 Å². The average Bonchev–Trinajstić information content (AvgIpc) is 2.41. The van der Waals surface area contributed by atoms with E-state index in [9.17, 15) is 4.79 Å². The average molecular weight is 307 g/mol. The van der Waals surface area contributed by atoms with Crippen LogP contribution in [0.4, 0.5) is 11.4 Å². The van der Waals surface area contributed by atoms with Gasteiger partial charge in [0.1, 0.15) is 11.2 Å². The van der Waals surface area contributed by atoms with Gasteiger partial charge in [0.25, 0.3) is 5.91 Å². The first-order valence-electron chi connectivity index (χ1n) is 5.43. The molecule has 0 radical (unpaired) electrons. The Bertz CT molecular complexity index is 725. The van der Waals surface area contributed by atoms with E-state index < -0.39 is 5.91 Å². The summed E-state index contributed by atoms with van der Waals surface area (Å²) in [4.78, 5) is 15.8. The second kappa shape index (κ2) is 5.78. The van der Waals surface area contributed by atoms with Crippen molar-refractivity contribution < 1.29 is 4.79 Å². The number of hydrogen-bond acceptors (Lipinski definition) is 4. The largest absolute Gasteiger partial charge is 0.397 e. The number of nitrogens with zero attached hydrogens (tertiary/aromatic N) is 2. The molecule has 0 aliphatic carbocycles. The lowest BCUT2D eigenvalue weighted by Gasteiger charge is -2.08. The molecule has 0 aliphatic heterocycles. The van der Waals surface area contributed by atoms with Gasteiger partial charge in [0, 0.05) is 5.69 Å². The fourth-order valence-electron chi connectivity index (χ4n) is 1.52. The van der Waals surface area contributed by atoms with E-state index in [-0.39, 0.29) is 21.4 Å². The molecule has 1 aromatic carbocycles. The summed E-state index contributed by atoms with van der Waals surface area (Å²) in [5, 5.41) is 11.8. The molecule has 7 heteroatoms. The number of nitrogens with one attached hydrogen (secondary N) is 1. The fraction of sp³-hybridized carbons (Fsp3) is 0. The number of halogens is 2. The van der Waals surface area contributed by atoms with Gasteiger partial charge in [0.05, 0.1) is 28.0 Å². The van der Waals surface area contributed by atoms with E-state index in [1.165, 1.54) is 24.4 Å². The number of anilines is 2. The van der Waals surface area contributed by atoms with Crippen molar-refractivity contribution in [3.05, 3.63) is 51.8 Å². The predicted octanol–water partition coefficient (Wildman–Crippen LogP) is 3.09. The van der Waals surface area contributed by atoms with Crippen LogP contribution in [0.2, 0.25) is 10.2 Å². The highest BCUT2D eigenvalue weighted by Crippen LogP contribution is 2.22. The fourth-order valence-corrected chi connectivity index (χ4v) is 1.90. The molecule has 0 unspecified atom stereocenters. The number of nitrogen functional groups attached to an aromatic ring is 1. The van der Waals surface area contributed by atoms with Gasteiger partial charge in [-0.2, -0.15) is 5.26 Å². The van der Waals surface area contributed by atoms with Crippen molar-refractivity contribution >= 4 is 40.5 Å². The summed E-state index contributed by atoms with van der Waals surface area (Å²) in [6, 6.07) is 7.87. The van der Waals surface area contributed by atoms with E-state index in [0.717, 1.165) is 0 Å². The number of aromatic nitrogens is 1. The Morgan fingerprint density at radius 2 is 2.10 bits per heavy atom. The van der Waals surface area contributed by atoms with E-state index in [4.69, 9.17) is 34.2 Å². The smallest absolute Gasteiger partial charge is 0.257 e. The Labute approximate surface area is 124 Å². The number of carbonyl (C=O) groups is 1. The quantitative estimate of drug-likeness (QED) is 0.834. The van der Waals surface area contributed by atoms with Crippen molar-refractivity contribution in [3.8, 4) is 6.07 Å². The molecule has 1 aromatic heterocycles. The number of amides is 1. The van der Waals surface area contributed by atoms with Gasteiger partial charge in [-0.15, -0.1) is 0 Å². The van der Waals surface area contributed by atoms with Gasteiger partial charge in [0.15, 0.2) is 0 Å². The maximum atomic E-state index is 12.1. The first kappa shape index (κ1) is 14.1. The molecular weight excluding hydrogens is 299 g/mol. The molecule has 0 fully saturated rings. The minimum atomic E-state index is -0.437. The molecule has 0 saturated heterocycles. The summed E-state index contributed by atoms with van der Waals surface area (Å²) in [6.45, 7) is 0. The second-order valence-corrected chi connectivity index (χ2v) is 4.65. The molecule has 20 heavy (non-hydrogen) atoms. The molecule has 100 valence electrons. The summed E-state index contributed by atoms with van der Waals surface area (Å²) in [5.74, 6) is -0.437. The lowest BCUT2D eigenvalue weighted by molar-refractivity contribution is 0.102. The van der Waals surface area contributed by atoms with Gasteiger partial charge < -0.3 is 11.1 Å². The topological polar surface area (TPSA) is 91.8 Å². The van der Waals surface area contributed by atoms with Crippen LogP contribution in [0.5, 0.6) is 0 Å². The highest BCUT2D eigenvalue weighted by Gasteiger charge is 2.12. The molecule has 2 aromatic rings. The second-order valence-electron chi connectivity index (χ2n) is 3.85. The molecule has 0 bridgehead atoms. The molecule has 0 spiro atoms. The van der Waals surface area contributed by atoms with Crippen LogP contribution in [0.3, 0.4) is 0 Å². The first-order chi connectivity index (χ1) is 9.51. The predicted molar refractivity (Wildman–Crippen MR) is 77.8 cm³/mol. The first-order valence-corrected chi connectivity index (χ1v) is 6.19. The standard InChI is InChI=1S/C13H8Cl2N4O/c14-10-3-8(2-1-7(10)5-16)19-13(20)9-4-12(15)18-6-11(9)17/h1-4,6H,17H2,(H,19,20). The molecule has 0 aliphatic rings. The van der Waals surface area contributed by atoms with Crippen molar-refractivity contribution in [2.24, 2.45) is 0 Å². The molecule has 0 saturated carbocycles. The van der Waals surface area contributed by atoms with E-state index in [1.807, 2.05) is 6.07 Å². The van der Waals surface area contributed by atoms with Gasteiger partial charge >= 0.3 is 0 Å². The Kier molecular flexibility index (Phi) is 4.08. The summed E-state index contributed by atoms with van der Waals surface area (Å²) >= 11 is 11.6. The number of pyridine rings is 1. The van der Waals surface area contributed by atoms with Crippen molar-refractivity contribution in [2.45, 2.75) is 0 Å². The highest BCUT2D eigenvalue weighted by atomic mass is 35.5. The third-order valence-corrected chi connectivity index (χ3v) is 3.01. The monoisotopic (exact) mass is 306 g/mol. The summed E-state index contributed by atoms with van der Waals surface area (Å²) in [5.41, 5.74) is 6.88. The Balaban J connectivity index is 2.26. The Morgan fingerprint density at radius 1 is 1.35 bits per heavy atom. The molecule has 0 atom stereocenters. The zero-order valence-electron chi connectivity index (χ0n) is 10.0. The normalized spacial score (nSPS) is 9.85. The van der Waals surface area contributed by atoms with Gasteiger partial charge in [-0.05, 0) is 24.3 Å². The maximum Gasteiger partial charge on any atom is 0.257 e. The van der Waals surface area contributed by atoms with Crippen LogP contribution < -0.4 is 11.1 Å². The number of benzene rings is 1. The molecule has 3 N–H and O–H groups in total. The van der Waals surface area contributed by atoms with Crippen LogP contribution in [0.1, 0.15) is 15.9 Å². The number of rotatable bonds is 2. The van der Waals surface area contributed by atoms with Gasteiger partial charge in [-0.25, -0.2) is 4.98 Å². The van der Waals surface area contributed by atoms with E-state index >= 15 is 0 Å². The zero-order valence-corrected chi connectivity index (χ0v) is 11.5. The van der Waals surface area contributed by atoms with E-state index in [0.29, 0.717) is 11.3 Å². The molecule has 1 heterocycles. The van der Waals surface area contributed by atoms with E-state index in [2.05, 4.69) is 10.3 Å². The molecular formula is C13H8Cl2N4O. The molecule has 2 rings (SSSR count). The molecule has 5 nitrogen and oxygen atoms in total. The number of hydrogen-bond donors (Lipinski definition) is 2. The maximum absolute atomic E-state index is 12.1. The van der Waals surface area contributed by atoms with Crippen LogP contribution in [-0.4, -0.2) is 10.9 Å². The lowest BCUT2D eigenvalue weighted by Crippen LogP contribution is -2.14. The van der Waals surface area contributed by atoms with Crippen molar-refractivity contribution in [1.82, 2.24) is 4.98 Å². The third kappa shape index (κ3) is 2.99. The van der Waals surface area contributed by atoms with Gasteiger partial charge in [-0.1, -0.05) is 23.2 Å². The van der Waals surface area contributed by atoms with Gasteiger partial charge in [0.2, 0.25) is 0 Å². The summed E-state index contributed by atoms with van der Waals surface area (Å²) < 4.78 is 0. The Morgan fingerprint density at radius 3 is 2.75 bits per heavy atom. The minimum absolute atomic E-state index is 0.169. The van der Waals surface area contributed by atoms with Crippen molar-refractivity contribution in [3.63, 3.8) is 0 Å².